The number of aromatic nitrogens is 1. The summed E-state index contributed by atoms with van der Waals surface area (Å²) in [6, 6.07) is 0.951. The number of sulfonamides is 1. The molecule has 2 heterocycles. The second-order valence-corrected chi connectivity index (χ2v) is 5.75. The molecule has 1 aliphatic heterocycles. The van der Waals surface area contributed by atoms with Crippen LogP contribution in [0, 0.1) is 5.82 Å². The van der Waals surface area contributed by atoms with Crippen LogP contribution in [0.2, 0.25) is 0 Å². The minimum Gasteiger partial charge on any atom is -0.313 e. The van der Waals surface area contributed by atoms with E-state index in [4.69, 9.17) is 0 Å². The first-order chi connectivity index (χ1) is 8.58. The fourth-order valence-electron chi connectivity index (χ4n) is 1.64. The summed E-state index contributed by atoms with van der Waals surface area (Å²) >= 11 is 0. The van der Waals surface area contributed by atoms with Gasteiger partial charge < -0.3 is 5.32 Å². The Morgan fingerprint density at radius 2 is 2.21 bits per heavy atom. The predicted molar refractivity (Wildman–Crippen MR) is 72.2 cm³/mol. The van der Waals surface area contributed by atoms with Gasteiger partial charge in [-0.2, -0.15) is 0 Å². The van der Waals surface area contributed by atoms with Crippen molar-refractivity contribution in [3.63, 3.8) is 0 Å². The van der Waals surface area contributed by atoms with Gasteiger partial charge in [0.05, 0.1) is 6.20 Å². The second-order valence-electron chi connectivity index (χ2n) is 3.98. The molecule has 0 fully saturated rings. The quantitative estimate of drug-likeness (QED) is 0.809. The Morgan fingerprint density at radius 3 is 2.84 bits per heavy atom. The van der Waals surface area contributed by atoms with Gasteiger partial charge in [-0.05, 0) is 19.0 Å². The molecule has 0 saturated heterocycles. The van der Waals surface area contributed by atoms with E-state index in [1.165, 1.54) is 0 Å². The minimum absolute atomic E-state index is 0. The highest BCUT2D eigenvalue weighted by molar-refractivity contribution is 7.89. The highest BCUT2D eigenvalue weighted by atomic mass is 35.5. The molecule has 0 aliphatic carbocycles. The molecule has 19 heavy (non-hydrogen) atoms. The number of rotatable bonds is 4. The van der Waals surface area contributed by atoms with Gasteiger partial charge in [0, 0.05) is 19.3 Å². The van der Waals surface area contributed by atoms with Crippen LogP contribution in [0.4, 0.5) is 4.39 Å². The summed E-state index contributed by atoms with van der Waals surface area (Å²) in [5.74, 6) is -0.668. The molecular formula is C11H15ClFN3O2S. The van der Waals surface area contributed by atoms with Crippen LogP contribution in [0.1, 0.15) is 6.42 Å². The molecule has 0 atom stereocenters. The highest BCUT2D eigenvalue weighted by Crippen LogP contribution is 2.10. The Bertz CT molecular complexity index is 563. The van der Waals surface area contributed by atoms with Gasteiger partial charge in [0.1, 0.15) is 10.7 Å². The van der Waals surface area contributed by atoms with Crippen molar-refractivity contribution in [1.29, 1.82) is 0 Å². The number of nitrogens with one attached hydrogen (secondary N) is 2. The molecule has 2 rings (SSSR count). The summed E-state index contributed by atoms with van der Waals surface area (Å²) < 4.78 is 39.1. The number of nitrogens with zero attached hydrogens (tertiary/aromatic N) is 1. The van der Waals surface area contributed by atoms with Crippen LogP contribution in [0.5, 0.6) is 0 Å². The lowest BCUT2D eigenvalue weighted by Crippen LogP contribution is -2.29. The summed E-state index contributed by atoms with van der Waals surface area (Å²) in [5, 5.41) is 3.14. The van der Waals surface area contributed by atoms with E-state index in [-0.39, 0.29) is 23.8 Å². The van der Waals surface area contributed by atoms with E-state index >= 15 is 0 Å². The topological polar surface area (TPSA) is 71.1 Å². The van der Waals surface area contributed by atoms with Crippen LogP contribution in [0.25, 0.3) is 0 Å². The molecule has 5 nitrogen and oxygen atoms in total. The average molecular weight is 308 g/mol. The molecule has 0 bridgehead atoms. The van der Waals surface area contributed by atoms with Crippen LogP contribution in [-0.4, -0.2) is 33.0 Å². The number of hydrogen-bond donors (Lipinski definition) is 2. The second kappa shape index (κ2) is 6.95. The Labute approximate surface area is 117 Å². The van der Waals surface area contributed by atoms with Gasteiger partial charge in [-0.15, -0.1) is 12.4 Å². The molecule has 1 aromatic rings. The molecule has 0 radical (unpaired) electrons. The molecule has 2 N–H and O–H groups in total. The average Bonchev–Trinajstić information content (AvgIpc) is 2.38. The van der Waals surface area contributed by atoms with Crippen LogP contribution in [0.3, 0.4) is 0 Å². The van der Waals surface area contributed by atoms with Crippen molar-refractivity contribution in [3.8, 4) is 0 Å². The maximum Gasteiger partial charge on any atom is 0.242 e. The zero-order valence-electron chi connectivity index (χ0n) is 10.1. The Balaban J connectivity index is 0.00000180. The maximum absolute atomic E-state index is 12.9. The van der Waals surface area contributed by atoms with E-state index in [0.717, 1.165) is 43.5 Å². The SMILES string of the molecule is Cl.O=S(=O)(NCC1=CCNCC1)c1cncc(F)c1. The summed E-state index contributed by atoms with van der Waals surface area (Å²) in [6.45, 7) is 1.84. The molecule has 106 valence electrons. The fraction of sp³-hybridized carbons (Fsp3) is 0.364. The van der Waals surface area contributed by atoms with E-state index in [1.54, 1.807) is 0 Å². The smallest absolute Gasteiger partial charge is 0.242 e. The van der Waals surface area contributed by atoms with E-state index < -0.39 is 15.8 Å². The van der Waals surface area contributed by atoms with Crippen LogP contribution in [0.15, 0.2) is 35.0 Å². The Morgan fingerprint density at radius 1 is 1.42 bits per heavy atom. The summed E-state index contributed by atoms with van der Waals surface area (Å²) in [7, 11) is -3.70. The van der Waals surface area contributed by atoms with Gasteiger partial charge in [-0.3, -0.25) is 4.98 Å². The predicted octanol–water partition coefficient (Wildman–Crippen LogP) is 0.840. The van der Waals surface area contributed by atoms with Gasteiger partial charge in [0.25, 0.3) is 0 Å². The molecule has 1 aromatic heterocycles. The van der Waals surface area contributed by atoms with Crippen molar-refractivity contribution < 1.29 is 12.8 Å². The number of halogens is 2. The lowest BCUT2D eigenvalue weighted by atomic mass is 10.1. The molecule has 0 aromatic carbocycles. The standard InChI is InChI=1S/C11H14FN3O2S.ClH/c12-10-5-11(8-14-7-10)18(16,17)15-6-9-1-3-13-4-2-9;/h1,5,7-8,13,15H,2-4,6H2;1H. The third-order valence-electron chi connectivity index (χ3n) is 2.64. The van der Waals surface area contributed by atoms with Crippen molar-refractivity contribution in [2.24, 2.45) is 0 Å². The monoisotopic (exact) mass is 307 g/mol. The molecule has 0 unspecified atom stereocenters. The minimum atomic E-state index is -3.70. The van der Waals surface area contributed by atoms with Crippen LogP contribution >= 0.6 is 12.4 Å². The first-order valence-corrected chi connectivity index (χ1v) is 7.05. The third-order valence-corrected chi connectivity index (χ3v) is 4.01. The van der Waals surface area contributed by atoms with Gasteiger partial charge >= 0.3 is 0 Å². The van der Waals surface area contributed by atoms with Gasteiger partial charge in [0.2, 0.25) is 10.0 Å². The van der Waals surface area contributed by atoms with Crippen molar-refractivity contribution in [2.75, 3.05) is 19.6 Å². The van der Waals surface area contributed by atoms with Crippen LogP contribution in [-0.2, 0) is 10.0 Å². The molecular weight excluding hydrogens is 293 g/mol. The number of hydrogen-bond acceptors (Lipinski definition) is 4. The first kappa shape index (κ1) is 16.0. The summed E-state index contributed by atoms with van der Waals surface area (Å²) in [5.41, 5.74) is 1.03. The van der Waals surface area contributed by atoms with E-state index in [0.29, 0.717) is 0 Å². The lowest BCUT2D eigenvalue weighted by Gasteiger charge is -2.14. The zero-order valence-corrected chi connectivity index (χ0v) is 11.7. The van der Waals surface area contributed by atoms with Crippen LogP contribution < -0.4 is 10.0 Å². The molecule has 1 aliphatic rings. The summed E-state index contributed by atoms with van der Waals surface area (Å²) in [4.78, 5) is 3.37. The molecule has 0 saturated carbocycles. The molecule has 8 heteroatoms. The van der Waals surface area contributed by atoms with Gasteiger partial charge in [-0.25, -0.2) is 17.5 Å². The van der Waals surface area contributed by atoms with E-state index in [2.05, 4.69) is 15.0 Å². The normalized spacial score (nSPS) is 15.5. The number of pyridine rings is 1. The van der Waals surface area contributed by atoms with E-state index in [1.807, 2.05) is 6.08 Å². The third kappa shape index (κ3) is 4.54. The largest absolute Gasteiger partial charge is 0.313 e. The Hall–Kier alpha value is -1.02. The summed E-state index contributed by atoms with van der Waals surface area (Å²) in [6.07, 6.45) is 4.86. The van der Waals surface area contributed by atoms with Gasteiger partial charge in [0.15, 0.2) is 0 Å². The van der Waals surface area contributed by atoms with Crippen molar-refractivity contribution >= 4 is 22.4 Å². The lowest BCUT2D eigenvalue weighted by molar-refractivity contribution is 0.576. The first-order valence-electron chi connectivity index (χ1n) is 5.57. The molecule has 0 amide bonds. The zero-order chi connectivity index (χ0) is 13.0. The van der Waals surface area contributed by atoms with Crippen molar-refractivity contribution in [1.82, 2.24) is 15.0 Å². The molecule has 0 spiro atoms. The van der Waals surface area contributed by atoms with Crippen molar-refractivity contribution in [2.45, 2.75) is 11.3 Å². The van der Waals surface area contributed by atoms with Crippen molar-refractivity contribution in [3.05, 3.63) is 35.9 Å². The Kier molecular flexibility index (Phi) is 5.86. The highest BCUT2D eigenvalue weighted by Gasteiger charge is 2.15. The maximum atomic E-state index is 12.9. The fourth-order valence-corrected chi connectivity index (χ4v) is 2.65. The van der Waals surface area contributed by atoms with Gasteiger partial charge in [-0.1, -0.05) is 11.6 Å². The van der Waals surface area contributed by atoms with E-state index in [9.17, 15) is 12.8 Å².